The predicted octanol–water partition coefficient (Wildman–Crippen LogP) is 2.21. The average molecular weight is 307 g/mol. The van der Waals surface area contributed by atoms with Crippen molar-refractivity contribution in [3.8, 4) is 0 Å². The van der Waals surface area contributed by atoms with Crippen LogP contribution in [0.25, 0.3) is 0 Å². The lowest BCUT2D eigenvalue weighted by Gasteiger charge is -2.36. The highest BCUT2D eigenvalue weighted by atomic mass is 35.5. The number of rotatable bonds is 2. The zero-order valence-electron chi connectivity index (χ0n) is 12.3. The Morgan fingerprint density at radius 1 is 1.14 bits per heavy atom. The van der Waals surface area contributed by atoms with Crippen molar-refractivity contribution in [3.05, 3.63) is 35.9 Å². The number of halogens is 1. The highest BCUT2D eigenvalue weighted by molar-refractivity contribution is 5.91. The lowest BCUT2D eigenvalue weighted by Crippen LogP contribution is -2.47. The van der Waals surface area contributed by atoms with Gasteiger partial charge in [0.25, 0.3) is 0 Å². The number of hydrogen-bond donors (Lipinski definition) is 1. The van der Waals surface area contributed by atoms with Gasteiger partial charge in [-0.3, -0.25) is 4.79 Å². The average Bonchev–Trinajstić information content (AvgIpc) is 3.18. The quantitative estimate of drug-likeness (QED) is 0.908. The van der Waals surface area contributed by atoms with E-state index in [1.807, 2.05) is 6.07 Å². The molecule has 0 aromatic heterocycles. The molecule has 0 bridgehead atoms. The molecule has 2 saturated heterocycles. The zero-order chi connectivity index (χ0) is 13.6. The molecule has 3 nitrogen and oxygen atoms in total. The molecular formula is C17H23ClN2O. The van der Waals surface area contributed by atoms with Crippen molar-refractivity contribution in [1.29, 1.82) is 0 Å². The zero-order valence-corrected chi connectivity index (χ0v) is 13.1. The van der Waals surface area contributed by atoms with E-state index in [4.69, 9.17) is 0 Å². The van der Waals surface area contributed by atoms with Crippen molar-refractivity contribution in [1.82, 2.24) is 10.2 Å². The molecule has 21 heavy (non-hydrogen) atoms. The maximum Gasteiger partial charge on any atom is 0.233 e. The van der Waals surface area contributed by atoms with Gasteiger partial charge in [0.15, 0.2) is 0 Å². The van der Waals surface area contributed by atoms with Crippen LogP contribution in [0.4, 0.5) is 0 Å². The summed E-state index contributed by atoms with van der Waals surface area (Å²) in [7, 11) is 0. The SMILES string of the molecule is Cl.O=C(N1CCC2CNCC2C1)C1(c2ccccc2)CC1. The van der Waals surface area contributed by atoms with Crippen molar-refractivity contribution in [2.24, 2.45) is 11.8 Å². The summed E-state index contributed by atoms with van der Waals surface area (Å²) >= 11 is 0. The fraction of sp³-hybridized carbons (Fsp3) is 0.588. The molecule has 1 aliphatic carbocycles. The van der Waals surface area contributed by atoms with Gasteiger partial charge in [-0.15, -0.1) is 12.4 Å². The van der Waals surface area contributed by atoms with E-state index >= 15 is 0 Å². The number of benzene rings is 1. The molecule has 4 heteroatoms. The van der Waals surface area contributed by atoms with E-state index in [1.165, 1.54) is 12.0 Å². The van der Waals surface area contributed by atoms with Crippen molar-refractivity contribution < 1.29 is 4.79 Å². The molecule has 0 spiro atoms. The second-order valence-electron chi connectivity index (χ2n) is 6.67. The number of amides is 1. The minimum Gasteiger partial charge on any atom is -0.342 e. The number of nitrogens with zero attached hydrogens (tertiary/aromatic N) is 1. The van der Waals surface area contributed by atoms with E-state index in [0.717, 1.165) is 44.9 Å². The molecule has 3 fully saturated rings. The molecule has 1 N–H and O–H groups in total. The Balaban J connectivity index is 0.00000132. The van der Waals surface area contributed by atoms with Crippen LogP contribution in [0, 0.1) is 11.8 Å². The highest BCUT2D eigenvalue weighted by Crippen LogP contribution is 2.50. The van der Waals surface area contributed by atoms with Crippen LogP contribution < -0.4 is 5.32 Å². The van der Waals surface area contributed by atoms with E-state index in [-0.39, 0.29) is 17.8 Å². The smallest absolute Gasteiger partial charge is 0.233 e. The largest absolute Gasteiger partial charge is 0.342 e. The number of likely N-dealkylation sites (tertiary alicyclic amines) is 1. The van der Waals surface area contributed by atoms with Gasteiger partial charge in [-0.05, 0) is 49.8 Å². The third-order valence-electron chi connectivity index (χ3n) is 5.48. The topological polar surface area (TPSA) is 32.3 Å². The summed E-state index contributed by atoms with van der Waals surface area (Å²) in [5.41, 5.74) is 1.04. The second kappa shape index (κ2) is 5.62. The molecule has 1 aromatic carbocycles. The first kappa shape index (κ1) is 14.9. The molecule has 2 heterocycles. The normalized spacial score (nSPS) is 29.4. The van der Waals surface area contributed by atoms with E-state index in [9.17, 15) is 4.79 Å². The van der Waals surface area contributed by atoms with Gasteiger partial charge < -0.3 is 10.2 Å². The van der Waals surface area contributed by atoms with Crippen molar-refractivity contribution >= 4 is 18.3 Å². The van der Waals surface area contributed by atoms with Crippen molar-refractivity contribution in [2.75, 3.05) is 26.2 Å². The van der Waals surface area contributed by atoms with Crippen LogP contribution in [0.2, 0.25) is 0 Å². The molecule has 3 aliphatic rings. The van der Waals surface area contributed by atoms with Gasteiger partial charge >= 0.3 is 0 Å². The van der Waals surface area contributed by atoms with Crippen LogP contribution in [0.5, 0.6) is 0 Å². The van der Waals surface area contributed by atoms with Crippen LogP contribution in [-0.4, -0.2) is 37.0 Å². The summed E-state index contributed by atoms with van der Waals surface area (Å²) in [5.74, 6) is 1.86. The fourth-order valence-corrected chi connectivity index (χ4v) is 4.03. The first-order valence-electron chi connectivity index (χ1n) is 7.85. The van der Waals surface area contributed by atoms with Gasteiger partial charge in [0.1, 0.15) is 0 Å². The van der Waals surface area contributed by atoms with Crippen LogP contribution >= 0.6 is 12.4 Å². The third kappa shape index (κ3) is 2.47. The summed E-state index contributed by atoms with van der Waals surface area (Å²) < 4.78 is 0. The van der Waals surface area contributed by atoms with E-state index in [0.29, 0.717) is 11.8 Å². The van der Waals surface area contributed by atoms with E-state index in [2.05, 4.69) is 34.5 Å². The molecule has 114 valence electrons. The second-order valence-corrected chi connectivity index (χ2v) is 6.67. The van der Waals surface area contributed by atoms with Gasteiger partial charge in [0.2, 0.25) is 5.91 Å². The summed E-state index contributed by atoms with van der Waals surface area (Å²) in [6.07, 6.45) is 3.23. The first-order valence-corrected chi connectivity index (χ1v) is 7.85. The summed E-state index contributed by atoms with van der Waals surface area (Å²) in [6, 6.07) is 10.4. The molecule has 1 amide bonds. The third-order valence-corrected chi connectivity index (χ3v) is 5.48. The Morgan fingerprint density at radius 3 is 2.57 bits per heavy atom. The number of hydrogen-bond acceptors (Lipinski definition) is 2. The molecule has 1 saturated carbocycles. The number of carbonyl (C=O) groups excluding carboxylic acids is 1. The van der Waals surface area contributed by atoms with Gasteiger partial charge in [-0.2, -0.15) is 0 Å². The standard InChI is InChI=1S/C17H22N2O.ClH/c20-16(17(7-8-17)15-4-2-1-3-5-15)19-9-6-13-10-18-11-14(13)12-19;/h1-5,13-14,18H,6-12H2;1H. The monoisotopic (exact) mass is 306 g/mol. The predicted molar refractivity (Wildman–Crippen MR) is 85.6 cm³/mol. The van der Waals surface area contributed by atoms with Gasteiger partial charge in [-0.1, -0.05) is 30.3 Å². The summed E-state index contributed by atoms with van der Waals surface area (Å²) in [6.45, 7) is 4.16. The Hall–Kier alpha value is -1.06. The Bertz CT molecular complexity index is 515. The van der Waals surface area contributed by atoms with Gasteiger partial charge in [-0.25, -0.2) is 0 Å². The van der Waals surface area contributed by atoms with Crippen LogP contribution in [0.15, 0.2) is 30.3 Å². The number of piperidine rings is 1. The van der Waals surface area contributed by atoms with Crippen molar-refractivity contribution in [2.45, 2.75) is 24.7 Å². The Morgan fingerprint density at radius 2 is 1.86 bits per heavy atom. The maximum atomic E-state index is 13.0. The fourth-order valence-electron chi connectivity index (χ4n) is 4.03. The lowest BCUT2D eigenvalue weighted by molar-refractivity contribution is -0.136. The number of fused-ring (bicyclic) bond motifs is 1. The van der Waals surface area contributed by atoms with Gasteiger partial charge in [0, 0.05) is 13.1 Å². The molecule has 2 unspecified atom stereocenters. The molecule has 2 atom stereocenters. The van der Waals surface area contributed by atoms with Crippen LogP contribution in [-0.2, 0) is 10.2 Å². The van der Waals surface area contributed by atoms with Gasteiger partial charge in [0.05, 0.1) is 5.41 Å². The first-order chi connectivity index (χ1) is 9.79. The molecule has 4 rings (SSSR count). The lowest BCUT2D eigenvalue weighted by atomic mass is 9.86. The maximum absolute atomic E-state index is 13.0. The van der Waals surface area contributed by atoms with E-state index < -0.39 is 0 Å². The molecule has 1 aromatic rings. The highest BCUT2D eigenvalue weighted by Gasteiger charge is 2.53. The summed E-state index contributed by atoms with van der Waals surface area (Å²) in [5, 5.41) is 3.47. The van der Waals surface area contributed by atoms with Crippen LogP contribution in [0.1, 0.15) is 24.8 Å². The number of nitrogens with one attached hydrogen (secondary N) is 1. The molecule has 2 aliphatic heterocycles. The summed E-state index contributed by atoms with van der Waals surface area (Å²) in [4.78, 5) is 15.1. The Labute approximate surface area is 132 Å². The van der Waals surface area contributed by atoms with E-state index in [1.54, 1.807) is 0 Å². The molecular weight excluding hydrogens is 284 g/mol. The molecule has 0 radical (unpaired) electrons. The van der Waals surface area contributed by atoms with Crippen LogP contribution in [0.3, 0.4) is 0 Å². The minimum atomic E-state index is -0.180. The van der Waals surface area contributed by atoms with Crippen molar-refractivity contribution in [3.63, 3.8) is 0 Å². The number of carbonyl (C=O) groups is 1. The minimum absolute atomic E-state index is 0. The Kier molecular flexibility index (Phi) is 3.98.